The van der Waals surface area contributed by atoms with Gasteiger partial charge in [-0.2, -0.15) is 10.2 Å². The number of anilines is 2. The van der Waals surface area contributed by atoms with Crippen molar-refractivity contribution in [3.05, 3.63) is 46.6 Å². The molecule has 1 aliphatic carbocycles. The van der Waals surface area contributed by atoms with E-state index < -0.39 is 11.6 Å². The molecule has 2 aromatic rings. The first-order valence-electron chi connectivity index (χ1n) is 11.0. The van der Waals surface area contributed by atoms with Gasteiger partial charge in [0.05, 0.1) is 6.20 Å². The first-order valence-corrected chi connectivity index (χ1v) is 11.4. The van der Waals surface area contributed by atoms with Crippen molar-refractivity contribution in [3.63, 3.8) is 0 Å². The maximum atomic E-state index is 11.9. The molecule has 1 aromatic heterocycles. The standard InChI is InChI=1S/C24H31ClN6O2/c1-23(2,3)31(22(32)33)19-12-18(24(19,4)5)29-20-16(13-26)14-28-21(30-20)27-10-9-15-7-6-8-17(25)11-15/h6-8,11,14,18-19H,9-10,12H2,1-5H3,(H,32,33)(H2,27,28,29,30)/t18-,19-/m1/s1. The summed E-state index contributed by atoms with van der Waals surface area (Å²) >= 11 is 6.04. The fourth-order valence-corrected chi connectivity index (χ4v) is 4.52. The van der Waals surface area contributed by atoms with Crippen molar-refractivity contribution in [2.75, 3.05) is 17.2 Å². The molecule has 0 saturated heterocycles. The molecule has 1 aromatic carbocycles. The summed E-state index contributed by atoms with van der Waals surface area (Å²) in [6.45, 7) is 10.4. The Hall–Kier alpha value is -3.05. The molecule has 0 bridgehead atoms. The lowest BCUT2D eigenvalue weighted by molar-refractivity contribution is -0.0434. The Morgan fingerprint density at radius 3 is 2.70 bits per heavy atom. The summed E-state index contributed by atoms with van der Waals surface area (Å²) in [5, 5.41) is 26.6. The molecule has 9 heteroatoms. The fraction of sp³-hybridized carbons (Fsp3) is 0.500. The molecule has 8 nitrogen and oxygen atoms in total. The average Bonchev–Trinajstić information content (AvgIpc) is 2.72. The molecule has 1 aliphatic rings. The van der Waals surface area contributed by atoms with Crippen molar-refractivity contribution in [2.24, 2.45) is 5.41 Å². The number of nitrogens with one attached hydrogen (secondary N) is 2. The molecule has 3 rings (SSSR count). The number of aromatic nitrogens is 2. The minimum atomic E-state index is -0.926. The van der Waals surface area contributed by atoms with Crippen LogP contribution >= 0.6 is 11.6 Å². The Bertz CT molecular complexity index is 1060. The lowest BCUT2D eigenvalue weighted by Crippen LogP contribution is -2.68. The van der Waals surface area contributed by atoms with Crippen molar-refractivity contribution in [1.82, 2.24) is 14.9 Å². The number of nitriles is 1. The predicted octanol–water partition coefficient (Wildman–Crippen LogP) is 5.01. The van der Waals surface area contributed by atoms with Gasteiger partial charge in [0, 0.05) is 34.6 Å². The molecule has 33 heavy (non-hydrogen) atoms. The van der Waals surface area contributed by atoms with E-state index in [4.69, 9.17) is 11.6 Å². The minimum absolute atomic E-state index is 0.0342. The van der Waals surface area contributed by atoms with Crippen LogP contribution in [-0.4, -0.2) is 50.2 Å². The molecule has 176 valence electrons. The van der Waals surface area contributed by atoms with E-state index in [9.17, 15) is 15.2 Å². The molecule has 0 unspecified atom stereocenters. The lowest BCUT2D eigenvalue weighted by Gasteiger charge is -2.58. The second-order valence-corrected chi connectivity index (χ2v) is 10.4. The summed E-state index contributed by atoms with van der Waals surface area (Å²) < 4.78 is 0. The molecular weight excluding hydrogens is 440 g/mol. The molecule has 2 atom stereocenters. The zero-order valence-electron chi connectivity index (χ0n) is 19.7. The van der Waals surface area contributed by atoms with E-state index in [0.29, 0.717) is 35.3 Å². The summed E-state index contributed by atoms with van der Waals surface area (Å²) in [6, 6.07) is 9.63. The molecule has 1 fully saturated rings. The number of halogens is 1. The Morgan fingerprint density at radius 1 is 1.39 bits per heavy atom. The third-order valence-corrected chi connectivity index (χ3v) is 6.50. The quantitative estimate of drug-likeness (QED) is 0.520. The number of benzene rings is 1. The van der Waals surface area contributed by atoms with Crippen molar-refractivity contribution < 1.29 is 9.90 Å². The van der Waals surface area contributed by atoms with Crippen molar-refractivity contribution in [1.29, 1.82) is 5.26 Å². The Kier molecular flexibility index (Phi) is 7.03. The fourth-order valence-electron chi connectivity index (χ4n) is 4.31. The molecule has 1 amide bonds. The van der Waals surface area contributed by atoms with Crippen LogP contribution < -0.4 is 10.6 Å². The van der Waals surface area contributed by atoms with Gasteiger partial charge >= 0.3 is 6.09 Å². The number of amides is 1. The van der Waals surface area contributed by atoms with Crippen LogP contribution in [0, 0.1) is 16.7 Å². The van der Waals surface area contributed by atoms with Crippen molar-refractivity contribution in [2.45, 2.75) is 65.1 Å². The smallest absolute Gasteiger partial charge is 0.408 e. The maximum Gasteiger partial charge on any atom is 0.408 e. The first-order chi connectivity index (χ1) is 15.4. The van der Waals surface area contributed by atoms with Gasteiger partial charge < -0.3 is 15.7 Å². The predicted molar refractivity (Wildman–Crippen MR) is 130 cm³/mol. The number of hydrogen-bond acceptors (Lipinski definition) is 6. The Balaban J connectivity index is 1.69. The van der Waals surface area contributed by atoms with Gasteiger partial charge in [0.2, 0.25) is 5.95 Å². The molecule has 3 N–H and O–H groups in total. The second kappa shape index (κ2) is 9.44. The monoisotopic (exact) mass is 470 g/mol. The van der Waals surface area contributed by atoms with Crippen LogP contribution in [0.5, 0.6) is 0 Å². The lowest BCUT2D eigenvalue weighted by atomic mass is 9.61. The van der Waals surface area contributed by atoms with Crippen LogP contribution in [0.25, 0.3) is 0 Å². The first kappa shape index (κ1) is 24.6. The van der Waals surface area contributed by atoms with Crippen LogP contribution in [0.2, 0.25) is 5.02 Å². The van der Waals surface area contributed by atoms with E-state index in [1.54, 1.807) is 0 Å². The van der Waals surface area contributed by atoms with Gasteiger partial charge in [0.25, 0.3) is 0 Å². The normalized spacial score (nSPS) is 19.2. The summed E-state index contributed by atoms with van der Waals surface area (Å²) in [5.41, 5.74) is 0.598. The van der Waals surface area contributed by atoms with Crippen molar-refractivity contribution >= 4 is 29.5 Å². The summed E-state index contributed by atoms with van der Waals surface area (Å²) in [7, 11) is 0. The number of hydrogen-bond donors (Lipinski definition) is 3. The number of nitrogens with zero attached hydrogens (tertiary/aromatic N) is 4. The van der Waals surface area contributed by atoms with Gasteiger partial charge in [0.15, 0.2) is 0 Å². The highest BCUT2D eigenvalue weighted by Gasteiger charge is 2.54. The molecule has 1 saturated carbocycles. The van der Waals surface area contributed by atoms with Gasteiger partial charge in [-0.25, -0.2) is 9.78 Å². The summed E-state index contributed by atoms with van der Waals surface area (Å²) in [5.74, 6) is 0.876. The third kappa shape index (κ3) is 5.48. The minimum Gasteiger partial charge on any atom is -0.465 e. The maximum absolute atomic E-state index is 11.9. The number of rotatable bonds is 7. The summed E-state index contributed by atoms with van der Waals surface area (Å²) in [6.07, 6.45) is 1.95. The van der Waals surface area contributed by atoms with Gasteiger partial charge in [-0.1, -0.05) is 37.6 Å². The van der Waals surface area contributed by atoms with Crippen molar-refractivity contribution in [3.8, 4) is 6.07 Å². The second-order valence-electron chi connectivity index (χ2n) is 9.97. The van der Waals surface area contributed by atoms with Crippen LogP contribution in [0.4, 0.5) is 16.6 Å². The zero-order valence-corrected chi connectivity index (χ0v) is 20.4. The highest BCUT2D eigenvalue weighted by Crippen LogP contribution is 2.47. The van der Waals surface area contributed by atoms with Crippen LogP contribution in [0.15, 0.2) is 30.5 Å². The number of carbonyl (C=O) groups is 1. The van der Waals surface area contributed by atoms with E-state index in [0.717, 1.165) is 12.0 Å². The van der Waals surface area contributed by atoms with Crippen LogP contribution in [-0.2, 0) is 6.42 Å². The van der Waals surface area contributed by atoms with Gasteiger partial charge in [-0.05, 0) is 51.3 Å². The van der Waals surface area contributed by atoms with Gasteiger partial charge in [0.1, 0.15) is 17.5 Å². The Labute approximate surface area is 200 Å². The third-order valence-electron chi connectivity index (χ3n) is 6.26. The van der Waals surface area contributed by atoms with E-state index >= 15 is 0 Å². The highest BCUT2D eigenvalue weighted by atomic mass is 35.5. The molecule has 0 aliphatic heterocycles. The average molecular weight is 471 g/mol. The highest BCUT2D eigenvalue weighted by molar-refractivity contribution is 6.30. The van der Waals surface area contributed by atoms with Crippen LogP contribution in [0.1, 0.15) is 52.2 Å². The van der Waals surface area contributed by atoms with Crippen LogP contribution in [0.3, 0.4) is 0 Å². The summed E-state index contributed by atoms with van der Waals surface area (Å²) in [4.78, 5) is 22.2. The SMILES string of the molecule is CC1(C)[C@H](Nc2nc(NCCc3cccc(Cl)c3)ncc2C#N)C[C@H]1N(C(=O)O)C(C)(C)C. The molecular formula is C24H31ClN6O2. The molecule has 0 spiro atoms. The van der Waals surface area contributed by atoms with Gasteiger partial charge in [-0.15, -0.1) is 0 Å². The molecule has 1 heterocycles. The number of carboxylic acid groups (broad SMARTS) is 1. The van der Waals surface area contributed by atoms with E-state index in [1.165, 1.54) is 11.1 Å². The largest absolute Gasteiger partial charge is 0.465 e. The zero-order chi connectivity index (χ0) is 24.4. The Morgan fingerprint density at radius 2 is 2.12 bits per heavy atom. The van der Waals surface area contributed by atoms with Gasteiger partial charge in [-0.3, -0.25) is 4.90 Å². The van der Waals surface area contributed by atoms with E-state index in [-0.39, 0.29) is 17.5 Å². The topological polar surface area (TPSA) is 114 Å². The van der Waals surface area contributed by atoms with E-state index in [1.807, 2.05) is 58.9 Å². The molecule has 0 radical (unpaired) electrons. The van der Waals surface area contributed by atoms with E-state index in [2.05, 4.69) is 26.7 Å².